The highest BCUT2D eigenvalue weighted by atomic mass is 16.5. The second-order valence-electron chi connectivity index (χ2n) is 5.95. The molecular weight excluding hydrogens is 262 g/mol. The number of aliphatic hydroxyl groups is 1. The van der Waals surface area contributed by atoms with Crippen molar-refractivity contribution in [1.82, 2.24) is 4.90 Å². The molecule has 0 aliphatic carbocycles. The molecule has 3 nitrogen and oxygen atoms in total. The summed E-state index contributed by atoms with van der Waals surface area (Å²) in [5, 5.41) is 10.1. The summed E-state index contributed by atoms with van der Waals surface area (Å²) in [5.41, 5.74) is 1.15. The lowest BCUT2D eigenvalue weighted by Gasteiger charge is -2.28. The van der Waals surface area contributed by atoms with Gasteiger partial charge in [0.2, 0.25) is 0 Å². The van der Waals surface area contributed by atoms with Gasteiger partial charge in [-0.1, -0.05) is 50.1 Å². The summed E-state index contributed by atoms with van der Waals surface area (Å²) in [6.07, 6.45) is 3.27. The molecule has 120 valence electrons. The van der Waals surface area contributed by atoms with Crippen molar-refractivity contribution >= 4 is 0 Å². The van der Waals surface area contributed by atoms with Crippen molar-refractivity contribution in [3.8, 4) is 0 Å². The highest BCUT2D eigenvalue weighted by Crippen LogP contribution is 2.06. The summed E-state index contributed by atoms with van der Waals surface area (Å²) in [7, 11) is 0. The third kappa shape index (κ3) is 8.20. The first-order valence-corrected chi connectivity index (χ1v) is 8.17. The molecule has 21 heavy (non-hydrogen) atoms. The van der Waals surface area contributed by atoms with Gasteiger partial charge in [0, 0.05) is 12.6 Å². The van der Waals surface area contributed by atoms with Crippen LogP contribution in [0.2, 0.25) is 0 Å². The molecule has 3 heteroatoms. The molecule has 1 rings (SSSR count). The Kier molecular flexibility index (Phi) is 9.31. The maximum absolute atomic E-state index is 10.1. The zero-order valence-electron chi connectivity index (χ0n) is 13.8. The molecule has 0 bridgehead atoms. The Balaban J connectivity index is 2.24. The summed E-state index contributed by atoms with van der Waals surface area (Å²) < 4.78 is 5.61. The van der Waals surface area contributed by atoms with Crippen molar-refractivity contribution in [3.63, 3.8) is 0 Å². The van der Waals surface area contributed by atoms with Gasteiger partial charge in [-0.2, -0.15) is 0 Å². The van der Waals surface area contributed by atoms with Gasteiger partial charge in [0.05, 0.1) is 19.3 Å². The molecule has 1 N–H and O–H groups in total. The molecule has 1 aromatic rings. The standard InChI is InChI=1S/C18H31NO2/c1-4-5-9-12-19(16(2)3)13-18(20)15-21-14-17-10-7-6-8-11-17/h6-8,10-11,16,18,20H,4-5,9,12-15H2,1-3H3. The highest BCUT2D eigenvalue weighted by molar-refractivity contribution is 5.13. The van der Waals surface area contributed by atoms with Gasteiger partial charge >= 0.3 is 0 Å². The first-order valence-electron chi connectivity index (χ1n) is 8.17. The molecule has 0 radical (unpaired) electrons. The van der Waals surface area contributed by atoms with Crippen LogP contribution in [-0.2, 0) is 11.3 Å². The molecule has 0 fully saturated rings. The second kappa shape index (κ2) is 10.8. The second-order valence-corrected chi connectivity index (χ2v) is 5.95. The topological polar surface area (TPSA) is 32.7 Å². The zero-order valence-corrected chi connectivity index (χ0v) is 13.8. The fourth-order valence-electron chi connectivity index (χ4n) is 2.34. The van der Waals surface area contributed by atoms with Gasteiger partial charge in [0.15, 0.2) is 0 Å². The smallest absolute Gasteiger partial charge is 0.0900 e. The molecule has 1 aromatic carbocycles. The van der Waals surface area contributed by atoms with Gasteiger partial charge in [-0.3, -0.25) is 4.90 Å². The fourth-order valence-corrected chi connectivity index (χ4v) is 2.34. The van der Waals surface area contributed by atoms with Crippen molar-refractivity contribution in [3.05, 3.63) is 35.9 Å². The SMILES string of the molecule is CCCCCN(CC(O)COCc1ccccc1)C(C)C. The summed E-state index contributed by atoms with van der Waals surface area (Å²) in [4.78, 5) is 2.34. The van der Waals surface area contributed by atoms with Crippen LogP contribution in [0.3, 0.4) is 0 Å². The Morgan fingerprint density at radius 3 is 2.48 bits per heavy atom. The molecule has 0 amide bonds. The van der Waals surface area contributed by atoms with E-state index in [2.05, 4.69) is 25.7 Å². The van der Waals surface area contributed by atoms with Crippen LogP contribution in [0.15, 0.2) is 30.3 Å². The van der Waals surface area contributed by atoms with E-state index < -0.39 is 6.10 Å². The number of nitrogens with zero attached hydrogens (tertiary/aromatic N) is 1. The number of hydrogen-bond donors (Lipinski definition) is 1. The van der Waals surface area contributed by atoms with Gasteiger partial charge in [0.1, 0.15) is 0 Å². The molecular formula is C18H31NO2. The summed E-state index contributed by atoms with van der Waals surface area (Å²) in [6.45, 7) is 9.29. The zero-order chi connectivity index (χ0) is 15.5. The summed E-state index contributed by atoms with van der Waals surface area (Å²) in [6, 6.07) is 10.5. The molecule has 0 aromatic heterocycles. The van der Waals surface area contributed by atoms with E-state index in [9.17, 15) is 5.11 Å². The molecule has 0 aliphatic rings. The van der Waals surface area contributed by atoms with Crippen LogP contribution in [0.5, 0.6) is 0 Å². The molecule has 0 aliphatic heterocycles. The van der Waals surface area contributed by atoms with Crippen LogP contribution in [0.4, 0.5) is 0 Å². The van der Waals surface area contributed by atoms with Crippen molar-refractivity contribution in [2.75, 3.05) is 19.7 Å². The third-order valence-corrected chi connectivity index (χ3v) is 3.65. The van der Waals surface area contributed by atoms with Crippen molar-refractivity contribution in [2.24, 2.45) is 0 Å². The Hall–Kier alpha value is -0.900. The normalized spacial score (nSPS) is 13.0. The minimum atomic E-state index is -0.419. The van der Waals surface area contributed by atoms with Crippen LogP contribution in [0.1, 0.15) is 45.6 Å². The minimum absolute atomic E-state index is 0.395. The largest absolute Gasteiger partial charge is 0.389 e. The van der Waals surface area contributed by atoms with Gasteiger partial charge in [-0.15, -0.1) is 0 Å². The van der Waals surface area contributed by atoms with E-state index in [-0.39, 0.29) is 0 Å². The van der Waals surface area contributed by atoms with Crippen molar-refractivity contribution < 1.29 is 9.84 Å². The van der Waals surface area contributed by atoms with E-state index in [0.717, 1.165) is 12.1 Å². The highest BCUT2D eigenvalue weighted by Gasteiger charge is 2.14. The predicted octanol–water partition coefficient (Wildman–Crippen LogP) is 3.46. The summed E-state index contributed by atoms with van der Waals surface area (Å²) in [5.74, 6) is 0. The van der Waals surface area contributed by atoms with E-state index in [1.807, 2.05) is 30.3 Å². The molecule has 1 unspecified atom stereocenters. The minimum Gasteiger partial charge on any atom is -0.389 e. The van der Waals surface area contributed by atoms with Crippen LogP contribution in [0, 0.1) is 0 Å². The van der Waals surface area contributed by atoms with E-state index in [4.69, 9.17) is 4.74 Å². The lowest BCUT2D eigenvalue weighted by Crippen LogP contribution is -2.39. The van der Waals surface area contributed by atoms with Crippen molar-refractivity contribution in [2.45, 2.75) is 58.8 Å². The Morgan fingerprint density at radius 1 is 1.14 bits per heavy atom. The first kappa shape index (κ1) is 18.1. The first-order chi connectivity index (χ1) is 10.1. The van der Waals surface area contributed by atoms with Gasteiger partial charge < -0.3 is 9.84 Å². The van der Waals surface area contributed by atoms with Crippen molar-refractivity contribution in [1.29, 1.82) is 0 Å². The number of unbranched alkanes of at least 4 members (excludes halogenated alkanes) is 2. The fraction of sp³-hybridized carbons (Fsp3) is 0.667. The molecule has 0 saturated heterocycles. The molecule has 0 spiro atoms. The Bertz CT molecular complexity index is 353. The molecule has 0 heterocycles. The van der Waals surface area contributed by atoms with Crippen LogP contribution in [-0.4, -0.2) is 41.8 Å². The predicted molar refractivity (Wildman–Crippen MR) is 88.3 cm³/mol. The molecule has 1 atom stereocenters. The van der Waals surface area contributed by atoms with E-state index in [1.54, 1.807) is 0 Å². The quantitative estimate of drug-likeness (QED) is 0.634. The van der Waals surface area contributed by atoms with Crippen LogP contribution in [0.25, 0.3) is 0 Å². The maximum Gasteiger partial charge on any atom is 0.0900 e. The van der Waals surface area contributed by atoms with E-state index >= 15 is 0 Å². The lowest BCUT2D eigenvalue weighted by molar-refractivity contribution is 0.00454. The number of benzene rings is 1. The molecule has 0 saturated carbocycles. The van der Waals surface area contributed by atoms with Crippen LogP contribution >= 0.6 is 0 Å². The van der Waals surface area contributed by atoms with E-state index in [0.29, 0.717) is 25.8 Å². The van der Waals surface area contributed by atoms with Gasteiger partial charge in [0.25, 0.3) is 0 Å². The number of ether oxygens (including phenoxy) is 1. The van der Waals surface area contributed by atoms with Gasteiger partial charge in [-0.05, 0) is 32.4 Å². The Labute approximate surface area is 129 Å². The van der Waals surface area contributed by atoms with Gasteiger partial charge in [-0.25, -0.2) is 0 Å². The number of aliphatic hydroxyl groups excluding tert-OH is 1. The number of rotatable bonds is 11. The average Bonchev–Trinajstić information content (AvgIpc) is 2.47. The monoisotopic (exact) mass is 293 g/mol. The average molecular weight is 293 g/mol. The lowest BCUT2D eigenvalue weighted by atomic mass is 10.2. The number of hydrogen-bond acceptors (Lipinski definition) is 3. The summed E-state index contributed by atoms with van der Waals surface area (Å²) >= 11 is 0. The Morgan fingerprint density at radius 2 is 1.86 bits per heavy atom. The third-order valence-electron chi connectivity index (χ3n) is 3.65. The van der Waals surface area contributed by atoms with E-state index in [1.165, 1.54) is 19.3 Å². The maximum atomic E-state index is 10.1. The van der Waals surface area contributed by atoms with Crippen LogP contribution < -0.4 is 0 Å².